The van der Waals surface area contributed by atoms with Gasteiger partial charge < -0.3 is 33.5 Å². The predicted octanol–water partition coefficient (Wildman–Crippen LogP) is 5.97. The van der Waals surface area contributed by atoms with Crippen molar-refractivity contribution >= 4 is 22.8 Å². The lowest BCUT2D eigenvalue weighted by Gasteiger charge is -2.39. The molecule has 1 unspecified atom stereocenters. The fourth-order valence-electron chi connectivity index (χ4n) is 5.51. The number of methoxy groups -OCH3 is 1. The predicted molar refractivity (Wildman–Crippen MR) is 172 cm³/mol. The molecule has 2 aliphatic rings. The Hall–Kier alpha value is -3.66. The van der Waals surface area contributed by atoms with Gasteiger partial charge in [0, 0.05) is 38.1 Å². The lowest BCUT2D eigenvalue weighted by atomic mass is 10.0. The van der Waals surface area contributed by atoms with Gasteiger partial charge in [-0.3, -0.25) is 4.79 Å². The molecule has 0 radical (unpaired) electrons. The minimum Gasteiger partial charge on any atom is -0.493 e. The van der Waals surface area contributed by atoms with Crippen LogP contribution < -0.4 is 4.74 Å². The van der Waals surface area contributed by atoms with E-state index in [2.05, 4.69) is 18.2 Å². The SMILES string of the molecule is COCCCOc1cc(CN(C(=O)C2CN(C(=O)OC(C)(C)C)C[C@@H](COCc3ccccc3)O2)C2CC2)cc2ccccc12. The van der Waals surface area contributed by atoms with E-state index in [1.54, 1.807) is 12.0 Å². The van der Waals surface area contributed by atoms with Gasteiger partial charge in [0.25, 0.3) is 5.91 Å². The van der Waals surface area contributed by atoms with Crippen LogP contribution in [0, 0.1) is 0 Å². The van der Waals surface area contributed by atoms with Gasteiger partial charge in [0.2, 0.25) is 0 Å². The van der Waals surface area contributed by atoms with Crippen LogP contribution in [-0.2, 0) is 36.9 Å². The molecule has 0 spiro atoms. The Kier molecular flexibility index (Phi) is 11.0. The van der Waals surface area contributed by atoms with Gasteiger partial charge in [-0.25, -0.2) is 4.79 Å². The maximum Gasteiger partial charge on any atom is 0.410 e. The standard InChI is InChI=1S/C36H46N2O7/c1-36(2,3)45-35(40)37-22-30(25-42-24-26-11-6-5-7-12-26)44-33(23-37)34(39)38(29-15-16-29)21-27-19-28-13-8-9-14-31(28)32(20-27)43-18-10-17-41-4/h5-9,11-14,19-20,29-30,33H,10,15-18,21-25H2,1-4H3/t30-,33?/m0/s1. The summed E-state index contributed by atoms with van der Waals surface area (Å²) >= 11 is 0. The molecule has 2 atom stereocenters. The van der Waals surface area contributed by atoms with Crippen LogP contribution in [0.2, 0.25) is 0 Å². The van der Waals surface area contributed by atoms with Gasteiger partial charge in [-0.1, -0.05) is 54.6 Å². The largest absolute Gasteiger partial charge is 0.493 e. The average molecular weight is 619 g/mol. The summed E-state index contributed by atoms with van der Waals surface area (Å²) < 4.78 is 29.4. The number of hydrogen-bond acceptors (Lipinski definition) is 7. The van der Waals surface area contributed by atoms with Crippen LogP contribution >= 0.6 is 0 Å². The minimum atomic E-state index is -0.831. The zero-order chi connectivity index (χ0) is 31.8. The normalized spacial score (nSPS) is 18.5. The fraction of sp³-hybridized carbons (Fsp3) is 0.500. The highest BCUT2D eigenvalue weighted by atomic mass is 16.6. The molecule has 0 aromatic heterocycles. The highest BCUT2D eigenvalue weighted by Gasteiger charge is 2.42. The van der Waals surface area contributed by atoms with Crippen LogP contribution in [0.25, 0.3) is 10.8 Å². The molecule has 2 fully saturated rings. The van der Waals surface area contributed by atoms with Crippen molar-refractivity contribution in [2.75, 3.05) is 40.0 Å². The summed E-state index contributed by atoms with van der Waals surface area (Å²) in [6.45, 7) is 8.16. The summed E-state index contributed by atoms with van der Waals surface area (Å²) in [5.74, 6) is 0.664. The third kappa shape index (κ3) is 9.42. The van der Waals surface area contributed by atoms with Crippen molar-refractivity contribution in [2.45, 2.75) is 77.0 Å². The molecule has 1 aliphatic carbocycles. The summed E-state index contributed by atoms with van der Waals surface area (Å²) in [5.41, 5.74) is 1.37. The number of fused-ring (bicyclic) bond motifs is 1. The van der Waals surface area contributed by atoms with Crippen molar-refractivity contribution in [3.63, 3.8) is 0 Å². The van der Waals surface area contributed by atoms with E-state index in [4.69, 9.17) is 23.7 Å². The Morgan fingerprint density at radius 2 is 1.71 bits per heavy atom. The summed E-state index contributed by atoms with van der Waals surface area (Å²) in [7, 11) is 1.68. The van der Waals surface area contributed by atoms with E-state index in [0.717, 1.165) is 46.9 Å². The van der Waals surface area contributed by atoms with E-state index >= 15 is 0 Å². The average Bonchev–Trinajstić information content (AvgIpc) is 3.87. The van der Waals surface area contributed by atoms with Crippen LogP contribution in [-0.4, -0.2) is 85.7 Å². The summed E-state index contributed by atoms with van der Waals surface area (Å²) in [5, 5.41) is 2.09. The molecule has 0 N–H and O–H groups in total. The molecule has 242 valence electrons. The first kappa shape index (κ1) is 32.7. The number of morpholine rings is 1. The second-order valence-corrected chi connectivity index (χ2v) is 12.8. The van der Waals surface area contributed by atoms with Gasteiger partial charge in [0.1, 0.15) is 11.4 Å². The van der Waals surface area contributed by atoms with Crippen molar-refractivity contribution in [3.8, 4) is 5.75 Å². The maximum absolute atomic E-state index is 14.2. The van der Waals surface area contributed by atoms with Crippen molar-refractivity contribution in [3.05, 3.63) is 77.9 Å². The first-order valence-corrected chi connectivity index (χ1v) is 15.9. The van der Waals surface area contributed by atoms with Crippen molar-refractivity contribution in [1.82, 2.24) is 9.80 Å². The molecular formula is C36H46N2O7. The Balaban J connectivity index is 1.32. The molecule has 9 nitrogen and oxygen atoms in total. The smallest absolute Gasteiger partial charge is 0.410 e. The number of benzene rings is 3. The molecule has 3 aromatic carbocycles. The Labute approximate surface area is 266 Å². The molecule has 2 amide bonds. The zero-order valence-corrected chi connectivity index (χ0v) is 26.9. The van der Waals surface area contributed by atoms with Crippen LogP contribution in [0.1, 0.15) is 51.2 Å². The molecule has 45 heavy (non-hydrogen) atoms. The zero-order valence-electron chi connectivity index (χ0n) is 26.9. The number of nitrogens with zero attached hydrogens (tertiary/aromatic N) is 2. The second-order valence-electron chi connectivity index (χ2n) is 12.8. The third-order valence-electron chi connectivity index (χ3n) is 7.77. The number of carbonyl (C=O) groups excluding carboxylic acids is 2. The first-order valence-electron chi connectivity index (χ1n) is 15.9. The molecular weight excluding hydrogens is 572 g/mol. The molecule has 1 saturated heterocycles. The van der Waals surface area contributed by atoms with Gasteiger partial charge in [-0.05, 0) is 62.3 Å². The maximum atomic E-state index is 14.2. The van der Waals surface area contributed by atoms with Crippen molar-refractivity contribution in [1.29, 1.82) is 0 Å². The Morgan fingerprint density at radius 1 is 0.956 bits per heavy atom. The Morgan fingerprint density at radius 3 is 2.44 bits per heavy atom. The third-order valence-corrected chi connectivity index (χ3v) is 7.77. The Bertz CT molecular complexity index is 1420. The van der Waals surface area contributed by atoms with E-state index < -0.39 is 23.9 Å². The van der Waals surface area contributed by atoms with Gasteiger partial charge in [-0.2, -0.15) is 0 Å². The summed E-state index contributed by atoms with van der Waals surface area (Å²) in [6, 6.07) is 22.3. The van der Waals surface area contributed by atoms with Gasteiger partial charge in [0.05, 0.1) is 39.0 Å². The molecule has 1 saturated carbocycles. The van der Waals surface area contributed by atoms with E-state index in [0.29, 0.717) is 26.4 Å². The number of ether oxygens (including phenoxy) is 5. The topological polar surface area (TPSA) is 86.8 Å². The highest BCUT2D eigenvalue weighted by molar-refractivity contribution is 5.89. The first-order chi connectivity index (χ1) is 21.7. The molecule has 0 bridgehead atoms. The van der Waals surface area contributed by atoms with Gasteiger partial charge >= 0.3 is 6.09 Å². The number of rotatable bonds is 13. The summed E-state index contributed by atoms with van der Waals surface area (Å²) in [6.07, 6.45) is 0.891. The molecule has 3 aromatic rings. The van der Waals surface area contributed by atoms with E-state index in [9.17, 15) is 9.59 Å². The number of amides is 2. The molecule has 9 heteroatoms. The van der Waals surface area contributed by atoms with Crippen LogP contribution in [0.15, 0.2) is 66.7 Å². The highest BCUT2D eigenvalue weighted by Crippen LogP contribution is 2.33. The molecule has 1 aliphatic heterocycles. The minimum absolute atomic E-state index is 0.123. The van der Waals surface area contributed by atoms with Crippen LogP contribution in [0.3, 0.4) is 0 Å². The second kappa shape index (κ2) is 15.1. The van der Waals surface area contributed by atoms with Crippen LogP contribution in [0.5, 0.6) is 5.75 Å². The van der Waals surface area contributed by atoms with Crippen molar-refractivity contribution in [2.24, 2.45) is 0 Å². The van der Waals surface area contributed by atoms with E-state index in [1.165, 1.54) is 0 Å². The monoisotopic (exact) mass is 618 g/mol. The lowest BCUT2D eigenvalue weighted by Crippen LogP contribution is -2.57. The lowest BCUT2D eigenvalue weighted by molar-refractivity contribution is -0.163. The summed E-state index contributed by atoms with van der Waals surface area (Å²) in [4.78, 5) is 30.9. The van der Waals surface area contributed by atoms with Gasteiger partial charge in [0.15, 0.2) is 6.10 Å². The fourth-order valence-corrected chi connectivity index (χ4v) is 5.51. The van der Waals surface area contributed by atoms with E-state index in [1.807, 2.05) is 74.2 Å². The number of carbonyl (C=O) groups is 2. The van der Waals surface area contributed by atoms with Crippen molar-refractivity contribution < 1.29 is 33.3 Å². The molecule has 5 rings (SSSR count). The van der Waals surface area contributed by atoms with Gasteiger partial charge in [-0.15, -0.1) is 0 Å². The molecule has 1 heterocycles. The number of hydrogen-bond donors (Lipinski definition) is 0. The quantitative estimate of drug-likeness (QED) is 0.218. The van der Waals surface area contributed by atoms with Crippen LogP contribution in [0.4, 0.5) is 4.79 Å². The van der Waals surface area contributed by atoms with E-state index in [-0.39, 0.29) is 31.6 Å².